The first-order valence-electron chi connectivity index (χ1n) is 8.13. The third-order valence-corrected chi connectivity index (χ3v) is 4.58. The van der Waals surface area contributed by atoms with E-state index in [-0.39, 0.29) is 18.3 Å². The Bertz CT molecular complexity index is 680. The van der Waals surface area contributed by atoms with Crippen molar-refractivity contribution in [3.63, 3.8) is 0 Å². The van der Waals surface area contributed by atoms with Crippen molar-refractivity contribution < 1.29 is 14.2 Å². The molecule has 1 aromatic rings. The number of hydrogen-bond donors (Lipinski definition) is 1. The minimum atomic E-state index is -0.711. The van der Waals surface area contributed by atoms with Crippen LogP contribution in [0, 0.1) is 5.92 Å². The van der Waals surface area contributed by atoms with Crippen molar-refractivity contribution in [3.05, 3.63) is 33.1 Å². The summed E-state index contributed by atoms with van der Waals surface area (Å²) in [7, 11) is 0. The highest BCUT2D eigenvalue weighted by molar-refractivity contribution is 4.98. The molecular weight excluding hydrogens is 300 g/mol. The predicted molar refractivity (Wildman–Crippen MR) is 83.1 cm³/mol. The van der Waals surface area contributed by atoms with Crippen LogP contribution in [-0.2, 0) is 14.2 Å². The summed E-state index contributed by atoms with van der Waals surface area (Å²) >= 11 is 0. The lowest BCUT2D eigenvalue weighted by Gasteiger charge is -2.25. The van der Waals surface area contributed by atoms with Gasteiger partial charge in [0, 0.05) is 12.3 Å². The highest BCUT2D eigenvalue weighted by Crippen LogP contribution is 2.44. The van der Waals surface area contributed by atoms with E-state index >= 15 is 0 Å². The molecule has 2 aliphatic heterocycles. The van der Waals surface area contributed by atoms with Crippen LogP contribution in [0.15, 0.2) is 21.9 Å². The van der Waals surface area contributed by atoms with Gasteiger partial charge in [-0.1, -0.05) is 20.3 Å². The summed E-state index contributed by atoms with van der Waals surface area (Å²) in [5.74, 6) is -0.226. The van der Waals surface area contributed by atoms with Crippen LogP contribution in [0.1, 0.15) is 46.8 Å². The Morgan fingerprint density at radius 2 is 2.00 bits per heavy atom. The van der Waals surface area contributed by atoms with E-state index in [0.717, 1.165) is 12.8 Å². The number of rotatable bonds is 4. The molecule has 128 valence electrons. The molecule has 1 N–H and O–H groups in total. The van der Waals surface area contributed by atoms with Gasteiger partial charge in [0.05, 0.1) is 6.10 Å². The number of aromatic nitrogens is 2. The molecule has 0 saturated carbocycles. The van der Waals surface area contributed by atoms with Crippen LogP contribution in [-0.4, -0.2) is 33.7 Å². The lowest BCUT2D eigenvalue weighted by atomic mass is 9.97. The number of fused-ring (bicyclic) bond motifs is 1. The second kappa shape index (κ2) is 5.89. The van der Waals surface area contributed by atoms with Crippen LogP contribution >= 0.6 is 0 Å². The maximum absolute atomic E-state index is 12.1. The van der Waals surface area contributed by atoms with E-state index in [2.05, 4.69) is 18.8 Å². The molecule has 1 unspecified atom stereocenters. The van der Waals surface area contributed by atoms with E-state index in [1.165, 1.54) is 16.8 Å². The van der Waals surface area contributed by atoms with Crippen LogP contribution in [0.25, 0.3) is 0 Å². The summed E-state index contributed by atoms with van der Waals surface area (Å²) in [5, 5.41) is 0. The van der Waals surface area contributed by atoms with Crippen LogP contribution < -0.4 is 11.2 Å². The van der Waals surface area contributed by atoms with Gasteiger partial charge < -0.3 is 14.2 Å². The van der Waals surface area contributed by atoms with E-state index < -0.39 is 23.3 Å². The van der Waals surface area contributed by atoms with E-state index in [9.17, 15) is 9.59 Å². The van der Waals surface area contributed by atoms with Crippen LogP contribution in [0.4, 0.5) is 0 Å². The van der Waals surface area contributed by atoms with Crippen LogP contribution in [0.5, 0.6) is 0 Å². The van der Waals surface area contributed by atoms with Gasteiger partial charge in [0.25, 0.3) is 5.56 Å². The summed E-state index contributed by atoms with van der Waals surface area (Å²) in [5.41, 5.74) is -0.931. The van der Waals surface area contributed by atoms with Crippen LogP contribution in [0.2, 0.25) is 0 Å². The molecule has 0 aliphatic carbocycles. The molecule has 0 bridgehead atoms. The second-order valence-corrected chi connectivity index (χ2v) is 6.90. The number of hydrogen-bond acceptors (Lipinski definition) is 5. The molecule has 2 aliphatic rings. The minimum absolute atomic E-state index is 0.138. The molecule has 0 amide bonds. The number of aromatic amines is 1. The Kier molecular flexibility index (Phi) is 4.20. The van der Waals surface area contributed by atoms with Gasteiger partial charge in [0.15, 0.2) is 12.0 Å². The quantitative estimate of drug-likeness (QED) is 0.905. The fourth-order valence-corrected chi connectivity index (χ4v) is 3.26. The minimum Gasteiger partial charge on any atom is -0.349 e. The number of nitrogens with one attached hydrogen (secondary N) is 1. The van der Waals surface area contributed by atoms with Gasteiger partial charge in [-0.2, -0.15) is 0 Å². The normalized spacial score (nSPS) is 33.6. The lowest BCUT2D eigenvalue weighted by Crippen LogP contribution is -2.37. The Morgan fingerprint density at radius 3 is 2.65 bits per heavy atom. The van der Waals surface area contributed by atoms with Crippen molar-refractivity contribution in [1.82, 2.24) is 9.55 Å². The molecule has 1 aromatic heterocycles. The van der Waals surface area contributed by atoms with E-state index in [4.69, 9.17) is 14.2 Å². The molecule has 5 atom stereocenters. The highest BCUT2D eigenvalue weighted by atomic mass is 16.8. The standard InChI is InChI=1S/C16H24N2O5/c1-5-9(2)8-10-12-13(23-16(3,4)22-12)14(21-10)18-7-6-11(19)17-15(18)20/h6-7,9-10,12-14H,5,8H2,1-4H3,(H,17,19,20)/t9?,10-,12-,13-,14-/m1/s1. The molecule has 2 saturated heterocycles. The lowest BCUT2D eigenvalue weighted by molar-refractivity contribution is -0.198. The summed E-state index contributed by atoms with van der Waals surface area (Å²) in [4.78, 5) is 25.6. The highest BCUT2D eigenvalue weighted by Gasteiger charge is 2.55. The summed E-state index contributed by atoms with van der Waals surface area (Å²) in [6, 6.07) is 1.31. The Labute approximate surface area is 134 Å². The molecule has 7 nitrogen and oxygen atoms in total. The van der Waals surface area contributed by atoms with Gasteiger partial charge in [-0.15, -0.1) is 0 Å². The molecule has 3 rings (SSSR count). The maximum Gasteiger partial charge on any atom is 0.330 e. The van der Waals surface area contributed by atoms with Crippen molar-refractivity contribution in [2.24, 2.45) is 5.92 Å². The van der Waals surface area contributed by atoms with Crippen molar-refractivity contribution in [2.45, 2.75) is 70.9 Å². The maximum atomic E-state index is 12.1. The van der Waals surface area contributed by atoms with Crippen molar-refractivity contribution in [2.75, 3.05) is 0 Å². The van der Waals surface area contributed by atoms with E-state index in [1.54, 1.807) is 0 Å². The van der Waals surface area contributed by atoms with E-state index in [1.807, 2.05) is 13.8 Å². The van der Waals surface area contributed by atoms with Crippen LogP contribution in [0.3, 0.4) is 0 Å². The molecule has 0 radical (unpaired) electrons. The molecule has 7 heteroatoms. The van der Waals surface area contributed by atoms with Crippen molar-refractivity contribution in [3.8, 4) is 0 Å². The predicted octanol–water partition coefficient (Wildman–Crippen LogP) is 1.39. The largest absolute Gasteiger partial charge is 0.349 e. The third-order valence-electron chi connectivity index (χ3n) is 4.58. The zero-order valence-electron chi connectivity index (χ0n) is 13.9. The second-order valence-electron chi connectivity index (χ2n) is 6.90. The first-order valence-corrected chi connectivity index (χ1v) is 8.13. The van der Waals surface area contributed by atoms with Gasteiger partial charge in [0.1, 0.15) is 12.2 Å². The summed E-state index contributed by atoms with van der Waals surface area (Å²) < 4.78 is 19.5. The number of nitrogens with zero attached hydrogens (tertiary/aromatic N) is 1. The van der Waals surface area contributed by atoms with Crippen molar-refractivity contribution in [1.29, 1.82) is 0 Å². The Morgan fingerprint density at radius 1 is 1.30 bits per heavy atom. The molecule has 2 fully saturated rings. The molecule has 0 spiro atoms. The fraction of sp³-hybridized carbons (Fsp3) is 0.750. The smallest absolute Gasteiger partial charge is 0.330 e. The zero-order valence-corrected chi connectivity index (χ0v) is 13.9. The number of ether oxygens (including phenoxy) is 3. The van der Waals surface area contributed by atoms with Gasteiger partial charge in [-0.3, -0.25) is 14.3 Å². The van der Waals surface area contributed by atoms with Gasteiger partial charge in [0.2, 0.25) is 0 Å². The Balaban J connectivity index is 1.91. The number of H-pyrrole nitrogens is 1. The first-order chi connectivity index (χ1) is 10.8. The van der Waals surface area contributed by atoms with Gasteiger partial charge >= 0.3 is 5.69 Å². The SMILES string of the molecule is CCC(C)C[C@H]1O[C@@H](n2ccc(=O)[nH]c2=O)[C@@H]2OC(C)(C)O[C@@H]21. The van der Waals surface area contributed by atoms with Gasteiger partial charge in [-0.25, -0.2) is 4.79 Å². The molecule has 23 heavy (non-hydrogen) atoms. The molecule has 0 aromatic carbocycles. The third kappa shape index (κ3) is 3.13. The summed E-state index contributed by atoms with van der Waals surface area (Å²) in [6.45, 7) is 8.02. The van der Waals surface area contributed by atoms with E-state index in [0.29, 0.717) is 5.92 Å². The fourth-order valence-electron chi connectivity index (χ4n) is 3.26. The van der Waals surface area contributed by atoms with Crippen molar-refractivity contribution >= 4 is 0 Å². The zero-order chi connectivity index (χ0) is 16.8. The monoisotopic (exact) mass is 324 g/mol. The molecule has 3 heterocycles. The average molecular weight is 324 g/mol. The molecular formula is C16H24N2O5. The first kappa shape index (κ1) is 16.4. The van der Waals surface area contributed by atoms with Gasteiger partial charge in [-0.05, 0) is 26.2 Å². The average Bonchev–Trinajstić information content (AvgIpc) is 2.93. The topological polar surface area (TPSA) is 82.6 Å². The Hall–Kier alpha value is -1.44. The summed E-state index contributed by atoms with van der Waals surface area (Å²) in [6.07, 6.45) is 2.01.